The summed E-state index contributed by atoms with van der Waals surface area (Å²) in [7, 11) is -5.17. The summed E-state index contributed by atoms with van der Waals surface area (Å²) in [6, 6.07) is 0. The quantitative estimate of drug-likeness (QED) is 0.379. The van der Waals surface area contributed by atoms with E-state index in [1.807, 2.05) is 0 Å². The van der Waals surface area contributed by atoms with Gasteiger partial charge in [-0.2, -0.15) is 0 Å². The fourth-order valence-electron chi connectivity index (χ4n) is 0.422. The zero-order valence-electron chi connectivity index (χ0n) is 8.59. The second-order valence-electron chi connectivity index (χ2n) is 2.05. The van der Waals surface area contributed by atoms with Crippen molar-refractivity contribution in [1.29, 1.82) is 10.8 Å². The van der Waals surface area contributed by atoms with Gasteiger partial charge in [-0.1, -0.05) is 0 Å². The molecule has 0 N–H and O–H groups in total. The average Bonchev–Trinajstić information content (AvgIpc) is 3.01. The van der Waals surface area contributed by atoms with Gasteiger partial charge in [0.05, 0.1) is 10.8 Å². The van der Waals surface area contributed by atoms with Crippen LogP contribution >= 0.6 is 22.7 Å². The molecular formula is C4H2N8O4S3. The van der Waals surface area contributed by atoms with Gasteiger partial charge < -0.3 is 9.11 Å². The van der Waals surface area contributed by atoms with Crippen molar-refractivity contribution in [3.63, 3.8) is 0 Å². The minimum atomic E-state index is -5.17. The van der Waals surface area contributed by atoms with Gasteiger partial charge in [0.1, 0.15) is 21.2 Å². The van der Waals surface area contributed by atoms with E-state index in [2.05, 4.69) is 30.3 Å². The van der Waals surface area contributed by atoms with Crippen LogP contribution in [0, 0.1) is 10.8 Å². The lowest BCUT2D eigenvalue weighted by Crippen LogP contribution is -1.91. The van der Waals surface area contributed by atoms with E-state index in [9.17, 15) is 0 Å². The van der Waals surface area contributed by atoms with Crippen LogP contribution in [0.5, 0.6) is 0 Å². The van der Waals surface area contributed by atoms with Crippen LogP contribution in [0.15, 0.2) is 11.0 Å². The lowest BCUT2D eigenvalue weighted by atomic mass is 11.3. The number of rotatable bonds is 0. The molecule has 0 saturated heterocycles. The van der Waals surface area contributed by atoms with Crippen molar-refractivity contribution in [1.82, 2.24) is 20.4 Å². The molecule has 2 aromatic heterocycles. The summed E-state index contributed by atoms with van der Waals surface area (Å²) < 4.78 is 34.1. The maximum Gasteiger partial charge on any atom is 0.548 e. The number of hydrogen-bond acceptors (Lipinski definition) is 12. The van der Waals surface area contributed by atoms with E-state index in [1.54, 1.807) is 0 Å². The molecule has 0 aliphatic rings. The fourth-order valence-corrected chi connectivity index (χ4v) is 1.08. The second-order valence-corrected chi connectivity index (χ2v) is 4.49. The third kappa shape index (κ3) is 12.1. The Bertz CT molecular complexity index is 585. The Labute approximate surface area is 113 Å². The summed E-state index contributed by atoms with van der Waals surface area (Å²) in [5.74, 6) is 0. The van der Waals surface area contributed by atoms with Crippen LogP contribution in [-0.4, -0.2) is 37.9 Å². The molecule has 0 aliphatic carbocycles. The van der Waals surface area contributed by atoms with E-state index in [0.29, 0.717) is 10.3 Å². The first-order valence-electron chi connectivity index (χ1n) is 3.76. The van der Waals surface area contributed by atoms with Crippen molar-refractivity contribution in [3.05, 3.63) is 21.0 Å². The van der Waals surface area contributed by atoms with E-state index in [1.165, 1.54) is 33.7 Å². The van der Waals surface area contributed by atoms with Crippen LogP contribution in [-0.2, 0) is 10.4 Å². The zero-order valence-corrected chi connectivity index (χ0v) is 11.0. The Morgan fingerprint density at radius 2 is 1.32 bits per heavy atom. The summed E-state index contributed by atoms with van der Waals surface area (Å²) in [6.45, 7) is 0. The van der Waals surface area contributed by atoms with Crippen molar-refractivity contribution in [3.8, 4) is 0 Å². The second kappa shape index (κ2) is 8.85. The first kappa shape index (κ1) is 16.8. The lowest BCUT2D eigenvalue weighted by Gasteiger charge is -2.06. The zero-order chi connectivity index (χ0) is 14.7. The standard InChI is InChI=1S/2C2HN4S.H2O4S/c2*3-5-2-6-4-1-7-2;1-5(2,3)4/h2*1H;(H2,1,2,3,4)/q2*+1;/p-2. The predicted molar refractivity (Wildman–Crippen MR) is 59.8 cm³/mol. The van der Waals surface area contributed by atoms with Crippen LogP contribution < -0.4 is 0 Å². The van der Waals surface area contributed by atoms with Crippen molar-refractivity contribution >= 4 is 43.3 Å². The Kier molecular flexibility index (Phi) is 7.84. The third-order valence-electron chi connectivity index (χ3n) is 0.868. The van der Waals surface area contributed by atoms with Crippen LogP contribution in [0.1, 0.15) is 0 Å². The Morgan fingerprint density at radius 3 is 1.42 bits per heavy atom. The van der Waals surface area contributed by atoms with Crippen LogP contribution in [0.25, 0.3) is 9.95 Å². The highest BCUT2D eigenvalue weighted by Gasteiger charge is 2.05. The van der Waals surface area contributed by atoms with Gasteiger partial charge in [0, 0.05) is 20.4 Å². The molecule has 0 saturated carbocycles. The minimum Gasteiger partial charge on any atom is -0.759 e. The first-order valence-corrected chi connectivity index (χ1v) is 6.85. The van der Waals surface area contributed by atoms with Gasteiger partial charge in [-0.3, -0.25) is 8.42 Å². The van der Waals surface area contributed by atoms with Crippen LogP contribution in [0.3, 0.4) is 0 Å². The molecule has 2 rings (SSSR count). The first-order chi connectivity index (χ1) is 8.86. The highest BCUT2D eigenvalue weighted by Crippen LogP contribution is 2.10. The largest absolute Gasteiger partial charge is 0.759 e. The summed E-state index contributed by atoms with van der Waals surface area (Å²) in [5, 5.41) is 30.1. The Morgan fingerprint density at radius 1 is 1.00 bits per heavy atom. The highest BCUT2D eigenvalue weighted by atomic mass is 32.3. The van der Waals surface area contributed by atoms with Gasteiger partial charge in [-0.05, 0) is 32.9 Å². The average molecular weight is 322 g/mol. The molecule has 0 atom stereocenters. The Hall–Kier alpha value is -2.17. The molecule has 2 heterocycles. The van der Waals surface area contributed by atoms with Gasteiger partial charge in [0.15, 0.2) is 0 Å². The molecule has 0 aliphatic heterocycles. The van der Waals surface area contributed by atoms with Crippen molar-refractivity contribution in [2.45, 2.75) is 0 Å². The van der Waals surface area contributed by atoms with Gasteiger partial charge in [0.25, 0.3) is 0 Å². The molecule has 19 heavy (non-hydrogen) atoms. The van der Waals surface area contributed by atoms with E-state index >= 15 is 0 Å². The molecule has 0 bridgehead atoms. The van der Waals surface area contributed by atoms with Gasteiger partial charge >= 0.3 is 10.3 Å². The molecule has 2 aromatic rings. The molecule has 0 radical (unpaired) electrons. The molecule has 0 unspecified atom stereocenters. The van der Waals surface area contributed by atoms with Crippen LogP contribution in [0.2, 0.25) is 0 Å². The number of diazo groups is 2. The van der Waals surface area contributed by atoms with E-state index < -0.39 is 10.4 Å². The summed E-state index contributed by atoms with van der Waals surface area (Å²) in [5.41, 5.74) is 2.99. The lowest BCUT2D eigenvalue weighted by molar-refractivity contribution is 0.352. The number of aromatic nitrogens is 4. The van der Waals surface area contributed by atoms with Gasteiger partial charge in [0.2, 0.25) is 0 Å². The third-order valence-corrected chi connectivity index (χ3v) is 2.02. The van der Waals surface area contributed by atoms with E-state index in [0.717, 1.165) is 0 Å². The highest BCUT2D eigenvalue weighted by molar-refractivity contribution is 7.79. The molecule has 15 heteroatoms. The van der Waals surface area contributed by atoms with Gasteiger partial charge in [-0.25, -0.2) is 0 Å². The maximum atomic E-state index is 8.52. The topological polar surface area (TPSA) is 188 Å². The SMILES string of the molecule is N#[N+]c1nncs1.N#[N+]c1nncs1.O=S(=O)([O-])[O-]. The number of hydrogen-bond donors (Lipinski definition) is 0. The molecular weight excluding hydrogens is 320 g/mol. The van der Waals surface area contributed by atoms with Crippen molar-refractivity contribution in [2.24, 2.45) is 0 Å². The molecule has 12 nitrogen and oxygen atoms in total. The molecule has 0 aromatic carbocycles. The summed E-state index contributed by atoms with van der Waals surface area (Å²) in [4.78, 5) is 5.55. The molecule has 100 valence electrons. The van der Waals surface area contributed by atoms with Crippen LogP contribution in [0.4, 0.5) is 10.3 Å². The molecule has 0 fully saturated rings. The van der Waals surface area contributed by atoms with Gasteiger partial charge in [-0.15, -0.1) is 0 Å². The monoisotopic (exact) mass is 322 g/mol. The fraction of sp³-hybridized carbons (Fsp3) is 0. The van der Waals surface area contributed by atoms with E-state index in [4.69, 9.17) is 28.3 Å². The maximum absolute atomic E-state index is 8.52. The normalized spacial score (nSPS) is 8.84. The van der Waals surface area contributed by atoms with E-state index in [-0.39, 0.29) is 0 Å². The molecule has 0 amide bonds. The summed E-state index contributed by atoms with van der Waals surface area (Å²) >= 11 is 2.37. The summed E-state index contributed by atoms with van der Waals surface area (Å²) in [6.07, 6.45) is 0. The predicted octanol–water partition coefficient (Wildman–Crippen LogP) is 0.707. The molecule has 0 spiro atoms. The smallest absolute Gasteiger partial charge is 0.548 e. The van der Waals surface area contributed by atoms with Crippen molar-refractivity contribution in [2.75, 3.05) is 0 Å². The Balaban J connectivity index is 0.000000261. The van der Waals surface area contributed by atoms with Crippen molar-refractivity contribution < 1.29 is 17.5 Å². The number of nitrogens with zero attached hydrogens (tertiary/aromatic N) is 8. The minimum absolute atomic E-state index is 0.292.